The molecule has 1 aromatic heterocycles. The summed E-state index contributed by atoms with van der Waals surface area (Å²) in [5, 5.41) is 6.79. The van der Waals surface area contributed by atoms with Gasteiger partial charge in [0.2, 0.25) is 11.8 Å². The van der Waals surface area contributed by atoms with Gasteiger partial charge in [0.05, 0.1) is 6.61 Å². The quantitative estimate of drug-likeness (QED) is 0.579. The molecule has 28 heavy (non-hydrogen) atoms. The Morgan fingerprint density at radius 3 is 2.89 bits per heavy atom. The number of likely N-dealkylation sites (tertiary alicyclic amines) is 1. The Labute approximate surface area is 168 Å². The fourth-order valence-electron chi connectivity index (χ4n) is 4.08. The molecule has 2 heterocycles. The van der Waals surface area contributed by atoms with E-state index in [2.05, 4.69) is 20.6 Å². The third kappa shape index (κ3) is 5.36. The summed E-state index contributed by atoms with van der Waals surface area (Å²) in [5.74, 6) is 1.98. The average molecular weight is 388 g/mol. The highest BCUT2D eigenvalue weighted by Gasteiger charge is 2.31. The van der Waals surface area contributed by atoms with Crippen molar-refractivity contribution in [3.8, 4) is 5.88 Å². The van der Waals surface area contributed by atoms with Crippen LogP contribution in [-0.2, 0) is 11.3 Å². The van der Waals surface area contributed by atoms with Crippen LogP contribution in [0.5, 0.6) is 5.88 Å². The summed E-state index contributed by atoms with van der Waals surface area (Å²) in [4.78, 5) is 23.4. The molecular weight excluding hydrogens is 354 g/mol. The van der Waals surface area contributed by atoms with Gasteiger partial charge in [0.1, 0.15) is 0 Å². The fourth-order valence-corrected chi connectivity index (χ4v) is 4.08. The van der Waals surface area contributed by atoms with Crippen LogP contribution < -0.4 is 15.4 Å². The zero-order valence-corrected chi connectivity index (χ0v) is 17.1. The fraction of sp³-hybridized carbons (Fsp3) is 0.667. The van der Waals surface area contributed by atoms with E-state index in [4.69, 9.17) is 4.74 Å². The minimum atomic E-state index is 0.235. The van der Waals surface area contributed by atoms with Crippen LogP contribution >= 0.6 is 0 Å². The Hall–Kier alpha value is -2.31. The van der Waals surface area contributed by atoms with Gasteiger partial charge in [-0.1, -0.05) is 25.3 Å². The van der Waals surface area contributed by atoms with E-state index in [0.29, 0.717) is 24.9 Å². The minimum Gasteiger partial charge on any atom is -0.478 e. The summed E-state index contributed by atoms with van der Waals surface area (Å²) in [7, 11) is 1.77. The molecule has 1 aliphatic heterocycles. The molecule has 0 aromatic carbocycles. The lowest BCUT2D eigenvalue weighted by Gasteiger charge is -2.26. The number of hydrogen-bond acceptors (Lipinski definition) is 4. The van der Waals surface area contributed by atoms with Gasteiger partial charge in [-0.05, 0) is 32.3 Å². The van der Waals surface area contributed by atoms with Crippen LogP contribution in [0.25, 0.3) is 0 Å². The lowest BCUT2D eigenvalue weighted by molar-refractivity contribution is -0.135. The predicted octanol–water partition coefficient (Wildman–Crippen LogP) is 2.33. The third-order valence-corrected chi connectivity index (χ3v) is 5.60. The Morgan fingerprint density at radius 1 is 1.32 bits per heavy atom. The lowest BCUT2D eigenvalue weighted by atomic mass is 9.88. The number of hydrogen-bond donors (Lipinski definition) is 2. The predicted molar refractivity (Wildman–Crippen MR) is 110 cm³/mol. The highest BCUT2D eigenvalue weighted by atomic mass is 16.5. The van der Waals surface area contributed by atoms with E-state index in [-0.39, 0.29) is 12.0 Å². The van der Waals surface area contributed by atoms with Crippen LogP contribution in [0.15, 0.2) is 23.3 Å². The molecule has 1 aliphatic carbocycles. The molecule has 7 nitrogen and oxygen atoms in total. The molecule has 2 fully saturated rings. The maximum absolute atomic E-state index is 12.7. The van der Waals surface area contributed by atoms with Gasteiger partial charge in [-0.15, -0.1) is 0 Å². The number of nitrogens with one attached hydrogen (secondary N) is 2. The number of carbonyl (C=O) groups excluding carboxylic acids is 1. The molecule has 2 N–H and O–H groups in total. The van der Waals surface area contributed by atoms with Crippen LogP contribution in [0.1, 0.15) is 51.0 Å². The van der Waals surface area contributed by atoms with Crippen molar-refractivity contribution in [2.45, 2.75) is 58.0 Å². The van der Waals surface area contributed by atoms with Gasteiger partial charge in [0, 0.05) is 50.4 Å². The molecular formula is C21H33N5O2. The lowest BCUT2D eigenvalue weighted by Crippen LogP contribution is -2.45. The van der Waals surface area contributed by atoms with E-state index in [1.165, 1.54) is 19.3 Å². The van der Waals surface area contributed by atoms with Crippen molar-refractivity contribution >= 4 is 11.9 Å². The highest BCUT2D eigenvalue weighted by molar-refractivity contribution is 5.81. The molecule has 7 heteroatoms. The van der Waals surface area contributed by atoms with Crippen molar-refractivity contribution in [1.82, 2.24) is 20.5 Å². The van der Waals surface area contributed by atoms with Gasteiger partial charge in [-0.3, -0.25) is 9.79 Å². The monoisotopic (exact) mass is 387 g/mol. The first kappa shape index (κ1) is 20.4. The topological polar surface area (TPSA) is 78.8 Å². The number of nitrogens with zero attached hydrogens (tertiary/aromatic N) is 3. The van der Waals surface area contributed by atoms with Crippen molar-refractivity contribution in [2.24, 2.45) is 10.9 Å². The zero-order chi connectivity index (χ0) is 19.8. The summed E-state index contributed by atoms with van der Waals surface area (Å²) >= 11 is 0. The number of pyridine rings is 1. The number of amides is 1. The second kappa shape index (κ2) is 10.3. The van der Waals surface area contributed by atoms with Crippen molar-refractivity contribution in [2.75, 3.05) is 26.7 Å². The number of carbonyl (C=O) groups is 1. The molecule has 1 amide bonds. The molecule has 0 bridgehead atoms. The van der Waals surface area contributed by atoms with Gasteiger partial charge < -0.3 is 20.3 Å². The van der Waals surface area contributed by atoms with Crippen molar-refractivity contribution in [3.05, 3.63) is 23.9 Å². The molecule has 0 spiro atoms. The van der Waals surface area contributed by atoms with Gasteiger partial charge in [0.15, 0.2) is 5.96 Å². The Bertz CT molecular complexity index is 673. The molecule has 1 atom stereocenters. The van der Waals surface area contributed by atoms with Crippen molar-refractivity contribution in [1.29, 1.82) is 0 Å². The van der Waals surface area contributed by atoms with Crippen LogP contribution in [0.3, 0.4) is 0 Å². The second-order valence-corrected chi connectivity index (χ2v) is 7.58. The maximum Gasteiger partial charge on any atom is 0.225 e. The van der Waals surface area contributed by atoms with Crippen molar-refractivity contribution in [3.63, 3.8) is 0 Å². The minimum absolute atomic E-state index is 0.235. The SMILES string of the molecule is CCOc1ncccc1CNC(=NC)NC1CCN(C(=O)C2CCCCC2)C1. The van der Waals surface area contributed by atoms with E-state index in [1.807, 2.05) is 24.0 Å². The summed E-state index contributed by atoms with van der Waals surface area (Å²) in [6.07, 6.45) is 8.47. The standard InChI is InChI=1S/C21H33N5O2/c1-3-28-19-17(10-7-12-23-19)14-24-21(22-2)25-18-11-13-26(15-18)20(27)16-8-5-4-6-9-16/h7,10,12,16,18H,3-6,8-9,11,13-15H2,1-2H3,(H2,22,24,25). The van der Waals surface area contributed by atoms with Gasteiger partial charge in [-0.2, -0.15) is 0 Å². The molecule has 154 valence electrons. The highest BCUT2D eigenvalue weighted by Crippen LogP contribution is 2.26. The molecule has 3 rings (SSSR count). The first-order valence-corrected chi connectivity index (χ1v) is 10.5. The summed E-state index contributed by atoms with van der Waals surface area (Å²) in [6.45, 7) is 4.71. The largest absolute Gasteiger partial charge is 0.478 e. The van der Waals surface area contributed by atoms with E-state index < -0.39 is 0 Å². The molecule has 1 unspecified atom stereocenters. The van der Waals surface area contributed by atoms with E-state index in [9.17, 15) is 4.79 Å². The summed E-state index contributed by atoms with van der Waals surface area (Å²) in [6, 6.07) is 4.14. The number of ether oxygens (including phenoxy) is 1. The third-order valence-electron chi connectivity index (χ3n) is 5.60. The van der Waals surface area contributed by atoms with E-state index in [1.54, 1.807) is 13.2 Å². The molecule has 1 saturated carbocycles. The average Bonchev–Trinajstić information content (AvgIpc) is 3.21. The van der Waals surface area contributed by atoms with E-state index in [0.717, 1.165) is 43.9 Å². The van der Waals surface area contributed by atoms with Crippen LogP contribution in [0.2, 0.25) is 0 Å². The number of aromatic nitrogens is 1. The van der Waals surface area contributed by atoms with Gasteiger partial charge in [-0.25, -0.2) is 4.98 Å². The molecule has 1 aromatic rings. The Balaban J connectivity index is 1.48. The summed E-state index contributed by atoms with van der Waals surface area (Å²) in [5.41, 5.74) is 0.993. The van der Waals surface area contributed by atoms with Crippen molar-refractivity contribution < 1.29 is 9.53 Å². The first-order chi connectivity index (χ1) is 13.7. The molecule has 2 aliphatic rings. The smallest absolute Gasteiger partial charge is 0.225 e. The van der Waals surface area contributed by atoms with Crippen LogP contribution in [0, 0.1) is 5.92 Å². The second-order valence-electron chi connectivity index (χ2n) is 7.58. The normalized spacial score (nSPS) is 20.9. The summed E-state index contributed by atoms with van der Waals surface area (Å²) < 4.78 is 5.58. The van der Waals surface area contributed by atoms with Crippen LogP contribution in [0.4, 0.5) is 0 Å². The number of guanidine groups is 1. The molecule has 1 saturated heterocycles. The first-order valence-electron chi connectivity index (χ1n) is 10.5. The van der Waals surface area contributed by atoms with Gasteiger partial charge >= 0.3 is 0 Å². The maximum atomic E-state index is 12.7. The number of rotatable bonds is 6. The molecule has 0 radical (unpaired) electrons. The van der Waals surface area contributed by atoms with E-state index >= 15 is 0 Å². The number of aliphatic imine (C=N–C) groups is 1. The Morgan fingerprint density at radius 2 is 2.14 bits per heavy atom. The Kier molecular flexibility index (Phi) is 7.51. The van der Waals surface area contributed by atoms with Gasteiger partial charge in [0.25, 0.3) is 0 Å². The van der Waals surface area contributed by atoms with Crippen LogP contribution in [-0.4, -0.2) is 54.5 Å². The zero-order valence-electron chi connectivity index (χ0n) is 17.1.